The molecule has 248 valence electrons. The van der Waals surface area contributed by atoms with Gasteiger partial charge in [-0.25, -0.2) is 13.9 Å². The lowest BCUT2D eigenvalue weighted by Gasteiger charge is -2.26. The SMILES string of the molecule is COc1nc(N)nc2c1ncn2C1O[C@H](COP(=O)(N[C@@H](C)C(=O)OCC(C)(C)C)Oc2cccc3ccccc23)[C@@H](F)[C@@]1(C)O. The van der Waals surface area contributed by atoms with Gasteiger partial charge in [0.25, 0.3) is 0 Å². The third-order valence-corrected chi connectivity index (χ3v) is 8.90. The van der Waals surface area contributed by atoms with Crippen LogP contribution in [0.5, 0.6) is 11.6 Å². The van der Waals surface area contributed by atoms with Gasteiger partial charge in [0.1, 0.15) is 23.5 Å². The zero-order valence-corrected chi connectivity index (χ0v) is 27.2. The number of imidazole rings is 1. The molecule has 2 aromatic heterocycles. The second-order valence-corrected chi connectivity index (χ2v) is 14.1. The van der Waals surface area contributed by atoms with Crippen molar-refractivity contribution in [3.05, 3.63) is 48.8 Å². The molecule has 1 saturated heterocycles. The van der Waals surface area contributed by atoms with Crippen LogP contribution in [0.15, 0.2) is 48.8 Å². The van der Waals surface area contributed by atoms with Crippen LogP contribution in [0.4, 0.5) is 10.3 Å². The topological polar surface area (TPSA) is 182 Å². The highest BCUT2D eigenvalue weighted by Gasteiger charge is 2.55. The Morgan fingerprint density at radius 1 is 1.24 bits per heavy atom. The summed E-state index contributed by atoms with van der Waals surface area (Å²) in [5, 5.41) is 15.3. The molecule has 2 unspecified atom stereocenters. The fourth-order valence-corrected chi connectivity index (χ4v) is 6.47. The Morgan fingerprint density at radius 2 is 1.96 bits per heavy atom. The van der Waals surface area contributed by atoms with E-state index in [1.807, 2.05) is 39.0 Å². The third-order valence-electron chi connectivity index (χ3n) is 7.27. The minimum absolute atomic E-state index is 0.0864. The molecule has 0 aliphatic carbocycles. The van der Waals surface area contributed by atoms with Gasteiger partial charge in [-0.3, -0.25) is 13.9 Å². The van der Waals surface area contributed by atoms with Gasteiger partial charge in [0, 0.05) is 5.39 Å². The molecule has 16 heteroatoms. The van der Waals surface area contributed by atoms with Crippen LogP contribution in [0.2, 0.25) is 0 Å². The van der Waals surface area contributed by atoms with Gasteiger partial charge in [-0.15, -0.1) is 0 Å². The minimum Gasteiger partial charge on any atom is -0.479 e. The summed E-state index contributed by atoms with van der Waals surface area (Å²) in [5.41, 5.74) is 3.75. The summed E-state index contributed by atoms with van der Waals surface area (Å²) in [7, 11) is -3.05. The summed E-state index contributed by atoms with van der Waals surface area (Å²) in [6.45, 7) is 7.88. The number of carbonyl (C=O) groups is 1. The smallest absolute Gasteiger partial charge is 0.459 e. The Labute approximate surface area is 264 Å². The number of rotatable bonds is 11. The van der Waals surface area contributed by atoms with Gasteiger partial charge in [-0.1, -0.05) is 57.2 Å². The zero-order chi connectivity index (χ0) is 33.4. The molecule has 5 rings (SSSR count). The summed E-state index contributed by atoms with van der Waals surface area (Å²) >= 11 is 0. The number of halogens is 1. The number of nitrogen functional groups attached to an aromatic ring is 1. The van der Waals surface area contributed by atoms with Crippen LogP contribution in [0.25, 0.3) is 21.9 Å². The normalized spacial score (nSPS) is 23.7. The largest absolute Gasteiger partial charge is 0.479 e. The Hall–Kier alpha value is -3.88. The van der Waals surface area contributed by atoms with Gasteiger partial charge in [0.2, 0.25) is 11.8 Å². The van der Waals surface area contributed by atoms with Crippen molar-refractivity contribution < 1.29 is 42.1 Å². The molecule has 0 bridgehead atoms. The number of aliphatic hydroxyl groups is 1. The number of methoxy groups -OCH3 is 1. The number of aromatic nitrogens is 4. The van der Waals surface area contributed by atoms with Crippen molar-refractivity contribution in [1.29, 1.82) is 0 Å². The number of nitrogens with two attached hydrogens (primary N) is 1. The molecule has 6 atom stereocenters. The van der Waals surface area contributed by atoms with Crippen molar-refractivity contribution in [1.82, 2.24) is 24.6 Å². The Balaban J connectivity index is 1.40. The molecule has 14 nitrogen and oxygen atoms in total. The first-order valence-corrected chi connectivity index (χ1v) is 16.1. The summed E-state index contributed by atoms with van der Waals surface area (Å²) in [4.78, 5) is 25.2. The predicted octanol–water partition coefficient (Wildman–Crippen LogP) is 4.33. The molecular formula is C30H38FN6O8P. The average Bonchev–Trinajstić information content (AvgIpc) is 3.51. The van der Waals surface area contributed by atoms with E-state index in [0.29, 0.717) is 5.39 Å². The summed E-state index contributed by atoms with van der Waals surface area (Å²) < 4.78 is 59.7. The van der Waals surface area contributed by atoms with Gasteiger partial charge in [0.15, 0.2) is 23.6 Å². The molecule has 2 aromatic carbocycles. The standard InChI is InChI=1S/C30H38FN6O8P/c1-17(26(38)42-15-29(2,3)4)36-46(40,45-20-13-9-11-18-10-7-8-12-19(18)20)43-14-21-23(31)30(5,39)27(44-21)37-16-33-22-24(37)34-28(32)35-25(22)41-6/h7-13,16-17,21,23,27,39H,14-15H2,1-6H3,(H,36,40)(H2,32,34,35)/t17-,21+,23+,27?,30+,46?/m0/s1. The lowest BCUT2D eigenvalue weighted by molar-refractivity contribution is -0.148. The Morgan fingerprint density at radius 3 is 2.67 bits per heavy atom. The van der Waals surface area contributed by atoms with Crippen LogP contribution < -0.4 is 20.1 Å². The molecule has 1 aliphatic heterocycles. The lowest BCUT2D eigenvalue weighted by Crippen LogP contribution is -2.42. The van der Waals surface area contributed by atoms with Crippen molar-refractivity contribution in [2.24, 2.45) is 5.41 Å². The van der Waals surface area contributed by atoms with Crippen LogP contribution in [-0.4, -0.2) is 74.8 Å². The Bertz CT molecular complexity index is 1770. The molecule has 3 heterocycles. The van der Waals surface area contributed by atoms with Crippen LogP contribution >= 0.6 is 7.75 Å². The zero-order valence-electron chi connectivity index (χ0n) is 26.3. The van der Waals surface area contributed by atoms with Gasteiger partial charge < -0.3 is 29.6 Å². The van der Waals surface area contributed by atoms with Crippen molar-refractivity contribution in [2.45, 2.75) is 64.8 Å². The van der Waals surface area contributed by atoms with Gasteiger partial charge in [0.05, 0.1) is 26.7 Å². The van der Waals surface area contributed by atoms with Crippen LogP contribution in [0.3, 0.4) is 0 Å². The molecular weight excluding hydrogens is 622 g/mol. The molecule has 46 heavy (non-hydrogen) atoms. The maximum absolute atomic E-state index is 15.8. The molecule has 4 N–H and O–H groups in total. The molecule has 0 spiro atoms. The van der Waals surface area contributed by atoms with E-state index in [2.05, 4.69) is 20.0 Å². The number of hydrogen-bond donors (Lipinski definition) is 3. The lowest BCUT2D eigenvalue weighted by atomic mass is 9.98. The predicted molar refractivity (Wildman–Crippen MR) is 167 cm³/mol. The van der Waals surface area contributed by atoms with Crippen molar-refractivity contribution in [2.75, 3.05) is 26.1 Å². The first kappa shape index (κ1) is 33.5. The van der Waals surface area contributed by atoms with E-state index < -0.39 is 50.5 Å². The van der Waals surface area contributed by atoms with Crippen molar-refractivity contribution >= 4 is 41.6 Å². The van der Waals surface area contributed by atoms with E-state index in [1.165, 1.54) is 31.9 Å². The van der Waals surface area contributed by atoms with E-state index >= 15 is 4.39 Å². The quantitative estimate of drug-likeness (QED) is 0.153. The van der Waals surface area contributed by atoms with E-state index in [4.69, 9.17) is 29.0 Å². The second-order valence-electron chi connectivity index (χ2n) is 12.5. The van der Waals surface area contributed by atoms with E-state index in [9.17, 15) is 14.5 Å². The second kappa shape index (κ2) is 12.7. The molecule has 1 fully saturated rings. The monoisotopic (exact) mass is 660 g/mol. The number of hydrogen-bond acceptors (Lipinski definition) is 12. The summed E-state index contributed by atoms with van der Waals surface area (Å²) in [6.07, 6.45) is -3.53. The van der Waals surface area contributed by atoms with Crippen LogP contribution in [0.1, 0.15) is 40.8 Å². The number of esters is 1. The highest BCUT2D eigenvalue weighted by Crippen LogP contribution is 2.49. The highest BCUT2D eigenvalue weighted by atomic mass is 31.2. The maximum Gasteiger partial charge on any atom is 0.459 e. The highest BCUT2D eigenvalue weighted by molar-refractivity contribution is 7.52. The number of alkyl halides is 1. The molecule has 4 aromatic rings. The number of carbonyl (C=O) groups excluding carboxylic acids is 1. The van der Waals surface area contributed by atoms with Crippen molar-refractivity contribution in [3.8, 4) is 11.6 Å². The molecule has 0 amide bonds. The molecule has 0 saturated carbocycles. The first-order chi connectivity index (χ1) is 21.6. The number of anilines is 1. The van der Waals surface area contributed by atoms with Crippen LogP contribution in [0, 0.1) is 5.41 Å². The number of nitrogens with one attached hydrogen (secondary N) is 1. The van der Waals surface area contributed by atoms with E-state index in [0.717, 1.165) is 5.39 Å². The van der Waals surface area contributed by atoms with Gasteiger partial charge in [-0.05, 0) is 30.7 Å². The summed E-state index contributed by atoms with van der Waals surface area (Å²) in [6, 6.07) is 11.3. The average molecular weight is 661 g/mol. The van der Waals surface area contributed by atoms with Gasteiger partial charge >= 0.3 is 13.7 Å². The fourth-order valence-electron chi connectivity index (χ4n) is 4.95. The van der Waals surface area contributed by atoms with Gasteiger partial charge in [-0.2, -0.15) is 15.1 Å². The number of nitrogens with zero attached hydrogens (tertiary/aromatic N) is 4. The first-order valence-electron chi connectivity index (χ1n) is 14.5. The molecule has 1 aliphatic rings. The number of fused-ring (bicyclic) bond motifs is 2. The maximum atomic E-state index is 15.8. The Kier molecular flexibility index (Phi) is 9.26. The van der Waals surface area contributed by atoms with Crippen molar-refractivity contribution in [3.63, 3.8) is 0 Å². The number of benzene rings is 2. The summed E-state index contributed by atoms with van der Waals surface area (Å²) in [5.74, 6) is -0.529. The molecule has 0 radical (unpaired) electrons. The number of ether oxygens (including phenoxy) is 3. The van der Waals surface area contributed by atoms with Crippen LogP contribution in [-0.2, 0) is 23.4 Å². The van der Waals surface area contributed by atoms with E-state index in [1.54, 1.807) is 24.3 Å². The minimum atomic E-state index is -4.43. The fraction of sp³-hybridized carbons (Fsp3) is 0.467. The van der Waals surface area contributed by atoms with E-state index in [-0.39, 0.29) is 40.8 Å². The third kappa shape index (κ3) is 6.93.